The number of aryl methyl sites for hydroxylation is 1. The molecule has 0 bridgehead atoms. The molecule has 0 radical (unpaired) electrons. The van der Waals surface area contributed by atoms with Gasteiger partial charge in [0.2, 0.25) is 0 Å². The Morgan fingerprint density at radius 3 is 2.74 bits per heavy atom. The molecule has 0 fully saturated rings. The summed E-state index contributed by atoms with van der Waals surface area (Å²) in [7, 11) is 0. The van der Waals surface area contributed by atoms with Crippen LogP contribution in [0.1, 0.15) is 17.4 Å². The molecule has 0 N–H and O–H groups in total. The molecule has 0 atom stereocenters. The normalized spacial score (nSPS) is 11.7. The van der Waals surface area contributed by atoms with Gasteiger partial charge in [-0.25, -0.2) is 0 Å². The summed E-state index contributed by atoms with van der Waals surface area (Å²) < 4.78 is 2.14. The Morgan fingerprint density at radius 2 is 2.00 bits per heavy atom. The van der Waals surface area contributed by atoms with Crippen molar-refractivity contribution in [2.45, 2.75) is 13.5 Å². The number of aromatic nitrogens is 1. The molecule has 0 spiro atoms. The van der Waals surface area contributed by atoms with Gasteiger partial charge in [0.1, 0.15) is 5.15 Å². The molecule has 3 heteroatoms. The fourth-order valence-electron chi connectivity index (χ4n) is 2.32. The zero-order chi connectivity index (χ0) is 13.2. The van der Waals surface area contributed by atoms with Crippen molar-refractivity contribution >= 4 is 46.0 Å². The van der Waals surface area contributed by atoms with Crippen LogP contribution >= 0.6 is 22.9 Å². The number of thiophene rings is 1. The van der Waals surface area contributed by atoms with Crippen molar-refractivity contribution in [3.8, 4) is 0 Å². The number of hydrogen-bond acceptors (Lipinski definition) is 1. The summed E-state index contributed by atoms with van der Waals surface area (Å²) in [6.07, 6.45) is 4.24. The zero-order valence-corrected chi connectivity index (χ0v) is 12.2. The quantitative estimate of drug-likeness (QED) is 0.595. The smallest absolute Gasteiger partial charge is 0.117 e. The van der Waals surface area contributed by atoms with Gasteiger partial charge in [0.05, 0.1) is 0 Å². The van der Waals surface area contributed by atoms with E-state index in [1.807, 2.05) is 0 Å². The highest BCUT2D eigenvalue weighted by molar-refractivity contribution is 7.10. The molecule has 3 rings (SSSR count). The molecule has 1 aromatic carbocycles. The number of fused-ring (bicyclic) bond motifs is 1. The Labute approximate surface area is 121 Å². The van der Waals surface area contributed by atoms with Gasteiger partial charge in [0.15, 0.2) is 0 Å². The van der Waals surface area contributed by atoms with Gasteiger partial charge in [-0.15, -0.1) is 11.3 Å². The van der Waals surface area contributed by atoms with Crippen molar-refractivity contribution in [1.82, 2.24) is 4.57 Å². The maximum absolute atomic E-state index is 6.51. The van der Waals surface area contributed by atoms with Crippen molar-refractivity contribution in [2.24, 2.45) is 0 Å². The molecule has 3 aromatic rings. The van der Waals surface area contributed by atoms with Crippen molar-refractivity contribution in [3.63, 3.8) is 0 Å². The average molecular weight is 288 g/mol. The molecule has 1 nitrogen and oxygen atoms in total. The topological polar surface area (TPSA) is 4.93 Å². The first-order chi connectivity index (χ1) is 9.31. The minimum Gasteiger partial charge on any atom is -0.331 e. The van der Waals surface area contributed by atoms with E-state index in [1.54, 1.807) is 11.3 Å². The first-order valence-corrected chi connectivity index (χ1v) is 7.55. The molecule has 2 heterocycles. The molecule has 0 aliphatic heterocycles. The first-order valence-electron chi connectivity index (χ1n) is 6.29. The summed E-state index contributed by atoms with van der Waals surface area (Å²) in [5.74, 6) is 0. The lowest BCUT2D eigenvalue weighted by atomic mass is 10.1. The maximum atomic E-state index is 6.51. The summed E-state index contributed by atoms with van der Waals surface area (Å²) in [6.45, 7) is 3.00. The van der Waals surface area contributed by atoms with E-state index >= 15 is 0 Å². The summed E-state index contributed by atoms with van der Waals surface area (Å²) in [5.41, 5.74) is 2.30. The number of halogens is 1. The van der Waals surface area contributed by atoms with Crippen molar-refractivity contribution < 1.29 is 0 Å². The highest BCUT2D eigenvalue weighted by atomic mass is 35.5. The summed E-state index contributed by atoms with van der Waals surface area (Å²) in [4.78, 5) is 1.24. The van der Waals surface area contributed by atoms with Crippen LogP contribution in [0, 0.1) is 0 Å². The van der Waals surface area contributed by atoms with Crippen molar-refractivity contribution in [2.75, 3.05) is 0 Å². The van der Waals surface area contributed by atoms with E-state index in [1.165, 1.54) is 15.8 Å². The Bertz CT molecular complexity index is 723. The number of nitrogens with zero attached hydrogens (tertiary/aromatic N) is 1. The zero-order valence-electron chi connectivity index (χ0n) is 10.6. The number of benzene rings is 1. The number of rotatable bonds is 3. The molecular weight excluding hydrogens is 274 g/mol. The van der Waals surface area contributed by atoms with E-state index < -0.39 is 0 Å². The second-order valence-electron chi connectivity index (χ2n) is 4.31. The summed E-state index contributed by atoms with van der Waals surface area (Å²) >= 11 is 8.24. The molecule has 0 unspecified atom stereocenters. The van der Waals surface area contributed by atoms with E-state index in [4.69, 9.17) is 11.6 Å². The fourth-order valence-corrected chi connectivity index (χ4v) is 3.31. The summed E-state index contributed by atoms with van der Waals surface area (Å²) in [6, 6.07) is 12.5. The lowest BCUT2D eigenvalue weighted by Crippen LogP contribution is -1.92. The minimum absolute atomic E-state index is 0.816. The lowest BCUT2D eigenvalue weighted by molar-refractivity contribution is 0.798. The molecule has 0 aliphatic carbocycles. The Kier molecular flexibility index (Phi) is 3.45. The van der Waals surface area contributed by atoms with Crippen LogP contribution < -0.4 is 0 Å². The molecule has 0 saturated heterocycles. The van der Waals surface area contributed by atoms with E-state index in [2.05, 4.69) is 65.4 Å². The second kappa shape index (κ2) is 5.24. The van der Waals surface area contributed by atoms with Crippen LogP contribution in [0.4, 0.5) is 0 Å². The lowest BCUT2D eigenvalue weighted by Gasteiger charge is -2.01. The van der Waals surface area contributed by atoms with Gasteiger partial charge in [0.25, 0.3) is 0 Å². The van der Waals surface area contributed by atoms with Gasteiger partial charge >= 0.3 is 0 Å². The predicted molar refractivity (Wildman–Crippen MR) is 85.9 cm³/mol. The second-order valence-corrected chi connectivity index (χ2v) is 5.65. The van der Waals surface area contributed by atoms with Crippen LogP contribution in [-0.4, -0.2) is 4.57 Å². The van der Waals surface area contributed by atoms with Gasteiger partial charge in [-0.1, -0.05) is 35.9 Å². The highest BCUT2D eigenvalue weighted by Gasteiger charge is 2.11. The van der Waals surface area contributed by atoms with Gasteiger partial charge < -0.3 is 4.57 Å². The highest BCUT2D eigenvalue weighted by Crippen LogP contribution is 2.31. The maximum Gasteiger partial charge on any atom is 0.117 e. The standard InChI is InChI=1S/C16H14ClNS/c1-2-18-15-8-4-3-7-13(15)14(16(18)17)10-9-12-6-5-11-19-12/h3-11H,2H2,1H3/b10-9+. The van der Waals surface area contributed by atoms with Crippen LogP contribution in [0.15, 0.2) is 41.8 Å². The largest absolute Gasteiger partial charge is 0.331 e. The molecule has 0 saturated carbocycles. The molecule has 0 amide bonds. The van der Waals surface area contributed by atoms with E-state index in [0.29, 0.717) is 0 Å². The predicted octanol–water partition coefficient (Wildman–Crippen LogP) is 5.55. The first kappa shape index (κ1) is 12.5. The van der Waals surface area contributed by atoms with Gasteiger partial charge in [-0.3, -0.25) is 0 Å². The number of hydrogen-bond donors (Lipinski definition) is 0. The molecule has 0 aliphatic rings. The molecular formula is C16H14ClNS. The van der Waals surface area contributed by atoms with E-state index in [0.717, 1.165) is 17.3 Å². The van der Waals surface area contributed by atoms with Crippen LogP contribution in [-0.2, 0) is 6.54 Å². The van der Waals surface area contributed by atoms with Crippen LogP contribution in [0.5, 0.6) is 0 Å². The van der Waals surface area contributed by atoms with E-state index in [9.17, 15) is 0 Å². The van der Waals surface area contributed by atoms with Crippen LogP contribution in [0.3, 0.4) is 0 Å². The molecule has 2 aromatic heterocycles. The van der Waals surface area contributed by atoms with Gasteiger partial charge in [0, 0.05) is 27.9 Å². The minimum atomic E-state index is 0.816. The number of para-hydroxylation sites is 1. The SMILES string of the molecule is CCn1c(Cl)c(/C=C/c2cccs2)c2ccccc21. The monoisotopic (exact) mass is 287 g/mol. The third kappa shape index (κ3) is 2.22. The molecule has 96 valence electrons. The van der Waals surface area contributed by atoms with Gasteiger partial charge in [-0.2, -0.15) is 0 Å². The van der Waals surface area contributed by atoms with Gasteiger partial charge in [-0.05, 0) is 36.6 Å². The Hall–Kier alpha value is -1.51. The van der Waals surface area contributed by atoms with Crippen LogP contribution in [0.25, 0.3) is 23.1 Å². The van der Waals surface area contributed by atoms with Crippen molar-refractivity contribution in [1.29, 1.82) is 0 Å². The fraction of sp³-hybridized carbons (Fsp3) is 0.125. The summed E-state index contributed by atoms with van der Waals surface area (Å²) in [5, 5.41) is 4.11. The molecule has 19 heavy (non-hydrogen) atoms. The Balaban J connectivity index is 2.15. The van der Waals surface area contributed by atoms with Crippen LogP contribution in [0.2, 0.25) is 5.15 Å². The third-order valence-electron chi connectivity index (χ3n) is 3.22. The van der Waals surface area contributed by atoms with Crippen molar-refractivity contribution in [3.05, 3.63) is 57.4 Å². The average Bonchev–Trinajstić information content (AvgIpc) is 3.02. The third-order valence-corrected chi connectivity index (χ3v) is 4.46. The Morgan fingerprint density at radius 1 is 1.16 bits per heavy atom. The van der Waals surface area contributed by atoms with E-state index in [-0.39, 0.29) is 0 Å².